The van der Waals surface area contributed by atoms with Gasteiger partial charge in [0.25, 0.3) is 0 Å². The quantitative estimate of drug-likeness (QED) is 0.106. The number of rotatable bonds is 24. The molecule has 0 aliphatic heterocycles. The highest BCUT2D eigenvalue weighted by atomic mass is 35.5. The van der Waals surface area contributed by atoms with Gasteiger partial charge in [0.15, 0.2) is 0 Å². The fourth-order valence-electron chi connectivity index (χ4n) is 6.49. The number of hydrogen-bond acceptors (Lipinski definition) is 8. The van der Waals surface area contributed by atoms with Gasteiger partial charge in [0, 0.05) is 41.7 Å². The summed E-state index contributed by atoms with van der Waals surface area (Å²) < 4.78 is 0. The van der Waals surface area contributed by atoms with Crippen molar-refractivity contribution in [1.82, 2.24) is 40.9 Å². The molecule has 0 aliphatic rings. The normalized spacial score (nSPS) is 15.1. The van der Waals surface area contributed by atoms with Gasteiger partial charge in [-0.05, 0) is 63.2 Å². The van der Waals surface area contributed by atoms with Crippen molar-refractivity contribution >= 4 is 58.9 Å². The van der Waals surface area contributed by atoms with E-state index >= 15 is 0 Å². The van der Waals surface area contributed by atoms with Crippen molar-refractivity contribution in [2.45, 2.75) is 151 Å². The molecular formula is C41H75ClN8O8. The van der Waals surface area contributed by atoms with Gasteiger partial charge in [0.2, 0.25) is 47.3 Å². The summed E-state index contributed by atoms with van der Waals surface area (Å²) in [7, 11) is 7.45. The highest BCUT2D eigenvalue weighted by Gasteiger charge is 2.39. The van der Waals surface area contributed by atoms with E-state index in [-0.39, 0.29) is 54.7 Å². The van der Waals surface area contributed by atoms with Gasteiger partial charge < -0.3 is 40.9 Å². The maximum atomic E-state index is 14.2. The second-order valence-corrected chi connectivity index (χ2v) is 17.3. The molecule has 0 saturated carbocycles. The highest BCUT2D eigenvalue weighted by molar-refractivity contribution is 6.20. The molecule has 0 aromatic rings. The van der Waals surface area contributed by atoms with Crippen LogP contribution in [0.1, 0.15) is 108 Å². The molecule has 334 valence electrons. The Morgan fingerprint density at radius 3 is 1.29 bits per heavy atom. The highest BCUT2D eigenvalue weighted by Crippen LogP contribution is 2.19. The summed E-state index contributed by atoms with van der Waals surface area (Å²) in [6, 6.07) is -6.97. The van der Waals surface area contributed by atoms with Gasteiger partial charge in [-0.25, -0.2) is 0 Å². The van der Waals surface area contributed by atoms with Crippen LogP contribution in [-0.4, -0.2) is 150 Å². The fraction of sp³-hybridized carbons (Fsp3) is 0.805. The molecule has 0 aromatic heterocycles. The number of halogens is 1. The van der Waals surface area contributed by atoms with E-state index in [2.05, 4.69) is 21.3 Å². The number of nitrogens with zero attached hydrogens (tertiary/aromatic N) is 4. The van der Waals surface area contributed by atoms with E-state index in [9.17, 15) is 38.4 Å². The lowest BCUT2D eigenvalue weighted by atomic mass is 9.96. The van der Waals surface area contributed by atoms with Crippen LogP contribution in [0.15, 0.2) is 0 Å². The first-order chi connectivity index (χ1) is 26.8. The standard InChI is InChI=1S/C41H75ClN8O8/c1-17-18-33(51)47(13)32(22-42)40(57)49(15)31(21-25(6)7)38(55)46-34(26(8)9)41(58)50(16)30(20-24(4)5)37(54)44-27(10)35(52)45-28(11)39(56)48(14)29(19-23(2)3)36(53)43-12/h23-32,34H,17-22H2,1-16H3,(H,43,53)(H,44,54)(H,45,52)(H,46,55)/t27-,28+,29-,30-,31-,32?,34-/m0/s1. The summed E-state index contributed by atoms with van der Waals surface area (Å²) in [5, 5.41) is 10.7. The lowest BCUT2D eigenvalue weighted by Crippen LogP contribution is -2.61. The molecule has 0 heterocycles. The number of alkyl halides is 1. The van der Waals surface area contributed by atoms with Crippen molar-refractivity contribution in [2.75, 3.05) is 41.1 Å². The van der Waals surface area contributed by atoms with Crippen molar-refractivity contribution in [3.05, 3.63) is 0 Å². The summed E-state index contributed by atoms with van der Waals surface area (Å²) in [4.78, 5) is 113. The third-order valence-electron chi connectivity index (χ3n) is 10.2. The SMILES string of the molecule is CCCC(=O)N(C)C(CCl)C(=O)N(C)[C@@H](CC(C)C)C(=O)N[C@H](C(=O)N(C)[C@@H](CC(C)C)C(=O)N[C@@H](C)C(=O)N[C@H](C)C(=O)N(C)[C@@H](CC(C)C)C(=O)NC)C(C)C. The van der Waals surface area contributed by atoms with Gasteiger partial charge in [-0.3, -0.25) is 38.4 Å². The van der Waals surface area contributed by atoms with Crippen molar-refractivity contribution in [3.8, 4) is 0 Å². The third-order valence-corrected chi connectivity index (χ3v) is 10.4. The number of likely N-dealkylation sites (N-methyl/N-ethyl adjacent to an activating group) is 5. The van der Waals surface area contributed by atoms with Crippen LogP contribution in [0, 0.1) is 23.7 Å². The zero-order valence-electron chi connectivity index (χ0n) is 38.0. The van der Waals surface area contributed by atoms with Crippen LogP contribution in [-0.2, 0) is 38.4 Å². The minimum Gasteiger partial charge on any atom is -0.357 e. The van der Waals surface area contributed by atoms with E-state index in [1.807, 2.05) is 48.5 Å². The van der Waals surface area contributed by atoms with Crippen LogP contribution >= 0.6 is 11.6 Å². The second-order valence-electron chi connectivity index (χ2n) is 17.0. The number of hydrogen-bond donors (Lipinski definition) is 4. The Kier molecular flexibility index (Phi) is 23.8. The fourth-order valence-corrected chi connectivity index (χ4v) is 6.83. The van der Waals surface area contributed by atoms with Gasteiger partial charge >= 0.3 is 0 Å². The smallest absolute Gasteiger partial charge is 0.247 e. The van der Waals surface area contributed by atoms with Crippen molar-refractivity contribution in [3.63, 3.8) is 0 Å². The van der Waals surface area contributed by atoms with E-state index in [4.69, 9.17) is 11.6 Å². The van der Waals surface area contributed by atoms with Crippen LogP contribution in [0.25, 0.3) is 0 Å². The van der Waals surface area contributed by atoms with E-state index in [1.165, 1.54) is 68.7 Å². The molecule has 17 heteroatoms. The van der Waals surface area contributed by atoms with Crippen LogP contribution in [0.2, 0.25) is 0 Å². The molecule has 0 saturated heterocycles. The number of nitrogens with one attached hydrogen (secondary N) is 4. The minimum atomic E-state index is -1.10. The lowest BCUT2D eigenvalue weighted by Gasteiger charge is -2.36. The van der Waals surface area contributed by atoms with Gasteiger partial charge in [-0.15, -0.1) is 11.6 Å². The molecule has 0 radical (unpaired) electrons. The number of amides is 8. The first-order valence-electron chi connectivity index (χ1n) is 20.5. The Balaban J connectivity index is 6.23. The van der Waals surface area contributed by atoms with Gasteiger partial charge in [-0.1, -0.05) is 62.3 Å². The summed E-state index contributed by atoms with van der Waals surface area (Å²) in [6.07, 6.45) is 1.74. The average Bonchev–Trinajstić information content (AvgIpc) is 3.14. The van der Waals surface area contributed by atoms with E-state index < -0.39 is 83.7 Å². The first kappa shape index (κ1) is 54.0. The molecule has 0 fully saturated rings. The van der Waals surface area contributed by atoms with E-state index in [0.29, 0.717) is 12.8 Å². The zero-order valence-corrected chi connectivity index (χ0v) is 38.8. The lowest BCUT2D eigenvalue weighted by molar-refractivity contribution is -0.148. The van der Waals surface area contributed by atoms with Gasteiger partial charge in [-0.2, -0.15) is 0 Å². The molecule has 8 amide bonds. The van der Waals surface area contributed by atoms with E-state index in [0.717, 1.165) is 0 Å². The molecule has 0 aliphatic carbocycles. The van der Waals surface area contributed by atoms with E-state index in [1.54, 1.807) is 13.8 Å². The zero-order chi connectivity index (χ0) is 45.4. The monoisotopic (exact) mass is 843 g/mol. The molecule has 0 spiro atoms. The second kappa shape index (κ2) is 25.5. The summed E-state index contributed by atoms with van der Waals surface area (Å²) in [5.41, 5.74) is 0. The van der Waals surface area contributed by atoms with Crippen LogP contribution in [0.4, 0.5) is 0 Å². The Morgan fingerprint density at radius 1 is 0.500 bits per heavy atom. The molecule has 58 heavy (non-hydrogen) atoms. The number of carbonyl (C=O) groups excluding carboxylic acids is 8. The predicted octanol–water partition coefficient (Wildman–Crippen LogP) is 2.37. The minimum absolute atomic E-state index is 0.0274. The largest absolute Gasteiger partial charge is 0.357 e. The molecule has 0 bridgehead atoms. The topological polar surface area (TPSA) is 198 Å². The molecule has 4 N–H and O–H groups in total. The van der Waals surface area contributed by atoms with Crippen molar-refractivity contribution in [1.29, 1.82) is 0 Å². The molecule has 1 unspecified atom stereocenters. The van der Waals surface area contributed by atoms with Gasteiger partial charge in [0.05, 0.1) is 5.88 Å². The third kappa shape index (κ3) is 16.4. The Hall–Kier alpha value is -3.95. The maximum Gasteiger partial charge on any atom is 0.247 e. The summed E-state index contributed by atoms with van der Waals surface area (Å²) >= 11 is 6.19. The Labute approximate surface area is 352 Å². The molecule has 0 rings (SSSR count). The molecule has 0 aromatic carbocycles. The number of carbonyl (C=O) groups is 8. The maximum absolute atomic E-state index is 14.2. The van der Waals surface area contributed by atoms with Crippen LogP contribution in [0.5, 0.6) is 0 Å². The van der Waals surface area contributed by atoms with Gasteiger partial charge in [0.1, 0.15) is 42.3 Å². The van der Waals surface area contributed by atoms with Crippen LogP contribution < -0.4 is 21.3 Å². The summed E-state index contributed by atoms with van der Waals surface area (Å²) in [5.74, 6) is -4.48. The molecular weight excluding hydrogens is 768 g/mol. The van der Waals surface area contributed by atoms with Crippen molar-refractivity contribution in [2.24, 2.45) is 23.7 Å². The van der Waals surface area contributed by atoms with Crippen molar-refractivity contribution < 1.29 is 38.4 Å². The average molecular weight is 844 g/mol. The van der Waals surface area contributed by atoms with Crippen LogP contribution in [0.3, 0.4) is 0 Å². The Bertz CT molecular complexity index is 1410. The Morgan fingerprint density at radius 2 is 0.897 bits per heavy atom. The predicted molar refractivity (Wildman–Crippen MR) is 226 cm³/mol. The molecule has 16 nitrogen and oxygen atoms in total. The first-order valence-corrected chi connectivity index (χ1v) is 21.1. The molecule has 7 atom stereocenters. The summed E-state index contributed by atoms with van der Waals surface area (Å²) in [6.45, 7) is 19.8.